The minimum absolute atomic E-state index is 0.0615. The molecule has 0 unspecified atom stereocenters. The minimum atomic E-state index is 0.0615. The topological polar surface area (TPSA) is 23.5 Å². The van der Waals surface area contributed by atoms with Crippen molar-refractivity contribution in [1.29, 1.82) is 0 Å². The second-order valence-electron chi connectivity index (χ2n) is 4.72. The van der Waals surface area contributed by atoms with Gasteiger partial charge in [0.25, 0.3) is 0 Å². The summed E-state index contributed by atoms with van der Waals surface area (Å²) in [7, 11) is 4.05. The molecule has 2 rings (SSSR count). The number of nitrogens with zero attached hydrogens (tertiary/aromatic N) is 1. The standard InChI is InChI=1S/C15H15Cl2NO/c1-18(2)9-10-3-5-11(6-4-10)13-7-12(16)8-14(17)15(13)19/h3-8,19H,9H2,1-2H3. The van der Waals surface area contributed by atoms with E-state index in [0.717, 1.165) is 12.1 Å². The van der Waals surface area contributed by atoms with Crippen LogP contribution in [0.2, 0.25) is 10.0 Å². The monoisotopic (exact) mass is 295 g/mol. The summed E-state index contributed by atoms with van der Waals surface area (Å²) in [6, 6.07) is 11.2. The normalized spacial score (nSPS) is 11.0. The van der Waals surface area contributed by atoms with Gasteiger partial charge in [0.1, 0.15) is 5.75 Å². The second kappa shape index (κ2) is 5.83. The van der Waals surface area contributed by atoms with Gasteiger partial charge >= 0.3 is 0 Å². The third-order valence-corrected chi connectivity index (χ3v) is 3.30. The maximum atomic E-state index is 9.99. The third-order valence-electron chi connectivity index (χ3n) is 2.79. The van der Waals surface area contributed by atoms with Gasteiger partial charge in [0.05, 0.1) is 5.02 Å². The number of phenolic OH excluding ortho intramolecular Hbond substituents is 1. The first-order valence-corrected chi connectivity index (χ1v) is 6.65. The number of hydrogen-bond acceptors (Lipinski definition) is 2. The van der Waals surface area contributed by atoms with Crippen LogP contribution < -0.4 is 0 Å². The van der Waals surface area contributed by atoms with E-state index < -0.39 is 0 Å². The fourth-order valence-electron chi connectivity index (χ4n) is 1.94. The summed E-state index contributed by atoms with van der Waals surface area (Å²) < 4.78 is 0. The lowest BCUT2D eigenvalue weighted by molar-refractivity contribution is 0.402. The Morgan fingerprint density at radius 3 is 2.26 bits per heavy atom. The molecule has 0 aliphatic heterocycles. The van der Waals surface area contributed by atoms with Gasteiger partial charge in [0.15, 0.2) is 0 Å². The number of rotatable bonds is 3. The van der Waals surface area contributed by atoms with Crippen molar-refractivity contribution in [2.45, 2.75) is 6.54 Å². The molecule has 0 saturated carbocycles. The van der Waals surface area contributed by atoms with Gasteiger partial charge in [-0.05, 0) is 37.4 Å². The summed E-state index contributed by atoms with van der Waals surface area (Å²) in [4.78, 5) is 2.10. The highest BCUT2D eigenvalue weighted by atomic mass is 35.5. The van der Waals surface area contributed by atoms with Crippen LogP contribution >= 0.6 is 23.2 Å². The summed E-state index contributed by atoms with van der Waals surface area (Å²) in [6.45, 7) is 0.878. The Morgan fingerprint density at radius 1 is 1.05 bits per heavy atom. The van der Waals surface area contributed by atoms with Gasteiger partial charge in [-0.25, -0.2) is 0 Å². The molecule has 0 aliphatic carbocycles. The highest BCUT2D eigenvalue weighted by Crippen LogP contribution is 2.37. The van der Waals surface area contributed by atoms with Crippen molar-refractivity contribution in [2.75, 3.05) is 14.1 Å². The van der Waals surface area contributed by atoms with Crippen molar-refractivity contribution in [3.8, 4) is 16.9 Å². The zero-order chi connectivity index (χ0) is 14.0. The average Bonchev–Trinajstić information content (AvgIpc) is 2.34. The predicted molar refractivity (Wildman–Crippen MR) is 81.0 cm³/mol. The van der Waals surface area contributed by atoms with Crippen molar-refractivity contribution in [1.82, 2.24) is 4.90 Å². The maximum Gasteiger partial charge on any atom is 0.142 e. The Morgan fingerprint density at radius 2 is 1.68 bits per heavy atom. The molecule has 0 fully saturated rings. The first kappa shape index (κ1) is 14.2. The summed E-state index contributed by atoms with van der Waals surface area (Å²) >= 11 is 11.9. The van der Waals surface area contributed by atoms with Crippen molar-refractivity contribution in [3.63, 3.8) is 0 Å². The quantitative estimate of drug-likeness (QED) is 0.906. The fraction of sp³-hybridized carbons (Fsp3) is 0.200. The molecule has 19 heavy (non-hydrogen) atoms. The first-order chi connectivity index (χ1) is 8.97. The van der Waals surface area contributed by atoms with E-state index in [1.165, 1.54) is 11.6 Å². The minimum Gasteiger partial charge on any atom is -0.506 e. The molecule has 0 aromatic heterocycles. The molecule has 0 spiro atoms. The van der Waals surface area contributed by atoms with E-state index in [1.807, 2.05) is 38.4 Å². The molecule has 0 bridgehead atoms. The predicted octanol–water partition coefficient (Wildman–Crippen LogP) is 4.43. The van der Waals surface area contributed by atoms with Crippen molar-refractivity contribution in [2.24, 2.45) is 0 Å². The van der Waals surface area contributed by atoms with Gasteiger partial charge < -0.3 is 10.0 Å². The smallest absolute Gasteiger partial charge is 0.142 e. The molecule has 100 valence electrons. The number of aromatic hydroxyl groups is 1. The van der Waals surface area contributed by atoms with Crippen LogP contribution in [0.3, 0.4) is 0 Å². The molecule has 4 heteroatoms. The lowest BCUT2D eigenvalue weighted by atomic mass is 10.0. The average molecular weight is 296 g/mol. The van der Waals surface area contributed by atoms with Gasteiger partial charge in [0, 0.05) is 17.1 Å². The highest BCUT2D eigenvalue weighted by Gasteiger charge is 2.10. The van der Waals surface area contributed by atoms with E-state index in [9.17, 15) is 5.11 Å². The molecule has 2 aromatic carbocycles. The van der Waals surface area contributed by atoms with Gasteiger partial charge in [-0.2, -0.15) is 0 Å². The molecule has 0 amide bonds. The molecule has 2 aromatic rings. The number of benzene rings is 2. The highest BCUT2D eigenvalue weighted by molar-refractivity contribution is 6.36. The van der Waals surface area contributed by atoms with Crippen LogP contribution in [-0.4, -0.2) is 24.1 Å². The zero-order valence-electron chi connectivity index (χ0n) is 10.8. The molecular formula is C15H15Cl2NO. The van der Waals surface area contributed by atoms with Crippen LogP contribution in [0.25, 0.3) is 11.1 Å². The molecule has 0 saturated heterocycles. The molecular weight excluding hydrogens is 281 g/mol. The Labute approximate surface area is 123 Å². The van der Waals surface area contributed by atoms with Crippen molar-refractivity contribution < 1.29 is 5.11 Å². The van der Waals surface area contributed by atoms with Crippen LogP contribution in [0.4, 0.5) is 0 Å². The summed E-state index contributed by atoms with van der Waals surface area (Å²) in [5, 5.41) is 10.8. The second-order valence-corrected chi connectivity index (χ2v) is 5.56. The number of halogens is 2. The lowest BCUT2D eigenvalue weighted by Gasteiger charge is -2.11. The third kappa shape index (κ3) is 3.41. The number of phenols is 1. The van der Waals surface area contributed by atoms with Crippen LogP contribution in [0.5, 0.6) is 5.75 Å². The Kier molecular flexibility index (Phi) is 4.35. The summed E-state index contributed by atoms with van der Waals surface area (Å²) in [6.07, 6.45) is 0. The SMILES string of the molecule is CN(C)Cc1ccc(-c2cc(Cl)cc(Cl)c2O)cc1. The Hall–Kier alpha value is -1.22. The van der Waals surface area contributed by atoms with Crippen LogP contribution in [0.1, 0.15) is 5.56 Å². The lowest BCUT2D eigenvalue weighted by Crippen LogP contribution is -2.10. The summed E-state index contributed by atoms with van der Waals surface area (Å²) in [5.74, 6) is 0.0615. The van der Waals surface area contributed by atoms with Crippen LogP contribution in [-0.2, 0) is 6.54 Å². The molecule has 0 radical (unpaired) electrons. The Balaban J connectivity index is 2.37. The summed E-state index contributed by atoms with van der Waals surface area (Å²) in [5.41, 5.74) is 2.75. The molecule has 2 nitrogen and oxygen atoms in total. The Bertz CT molecular complexity index is 579. The van der Waals surface area contributed by atoms with E-state index in [2.05, 4.69) is 4.90 Å². The zero-order valence-corrected chi connectivity index (χ0v) is 12.3. The fourth-order valence-corrected chi connectivity index (χ4v) is 2.43. The van der Waals surface area contributed by atoms with Crippen LogP contribution in [0, 0.1) is 0 Å². The number of hydrogen-bond donors (Lipinski definition) is 1. The molecule has 0 atom stereocenters. The van der Waals surface area contributed by atoms with Crippen LogP contribution in [0.15, 0.2) is 36.4 Å². The molecule has 0 heterocycles. The van der Waals surface area contributed by atoms with E-state index in [0.29, 0.717) is 10.6 Å². The maximum absolute atomic E-state index is 9.99. The van der Waals surface area contributed by atoms with Gasteiger partial charge in [-0.3, -0.25) is 0 Å². The van der Waals surface area contributed by atoms with E-state index in [-0.39, 0.29) is 10.8 Å². The van der Waals surface area contributed by atoms with Crippen molar-refractivity contribution in [3.05, 3.63) is 52.0 Å². The van der Waals surface area contributed by atoms with E-state index in [1.54, 1.807) is 6.07 Å². The van der Waals surface area contributed by atoms with Crippen molar-refractivity contribution >= 4 is 23.2 Å². The first-order valence-electron chi connectivity index (χ1n) is 5.89. The molecule has 1 N–H and O–H groups in total. The molecule has 0 aliphatic rings. The largest absolute Gasteiger partial charge is 0.506 e. The van der Waals surface area contributed by atoms with Gasteiger partial charge in [0.2, 0.25) is 0 Å². The van der Waals surface area contributed by atoms with Gasteiger partial charge in [-0.1, -0.05) is 47.5 Å². The van der Waals surface area contributed by atoms with Gasteiger partial charge in [-0.15, -0.1) is 0 Å². The van der Waals surface area contributed by atoms with E-state index >= 15 is 0 Å². The van der Waals surface area contributed by atoms with E-state index in [4.69, 9.17) is 23.2 Å².